The first-order valence-electron chi connectivity index (χ1n) is 7.72. The number of nitrogens with two attached hydrogens (primary N) is 1. The monoisotopic (exact) mass is 397 g/mol. The summed E-state index contributed by atoms with van der Waals surface area (Å²) >= 11 is 3.39. The van der Waals surface area contributed by atoms with Crippen LogP contribution in [0.15, 0.2) is 65.3 Å². The molecule has 0 unspecified atom stereocenters. The molecule has 6 heteroatoms. The number of carbonyl (C=O) groups is 2. The van der Waals surface area contributed by atoms with E-state index in [0.717, 1.165) is 20.9 Å². The zero-order valence-electron chi connectivity index (χ0n) is 13.3. The fourth-order valence-electron chi connectivity index (χ4n) is 2.56. The number of rotatable bonds is 5. The zero-order valence-corrected chi connectivity index (χ0v) is 14.9. The molecule has 0 spiro atoms. The second-order valence-corrected chi connectivity index (χ2v) is 6.59. The van der Waals surface area contributed by atoms with E-state index >= 15 is 0 Å². The molecule has 0 fully saturated rings. The smallest absolute Gasteiger partial charge is 0.253 e. The molecule has 126 valence electrons. The number of primary amides is 1. The third-order valence-electron chi connectivity index (χ3n) is 3.83. The second kappa shape index (κ2) is 7.44. The van der Waals surface area contributed by atoms with Gasteiger partial charge in [-0.1, -0.05) is 46.3 Å². The number of carbonyl (C=O) groups excluding carboxylic acids is 2. The molecule has 25 heavy (non-hydrogen) atoms. The van der Waals surface area contributed by atoms with Crippen molar-refractivity contribution >= 4 is 38.6 Å². The fourth-order valence-corrected chi connectivity index (χ4v) is 3.01. The highest BCUT2D eigenvalue weighted by Gasteiger charge is 2.20. The van der Waals surface area contributed by atoms with E-state index in [-0.39, 0.29) is 5.91 Å². The van der Waals surface area contributed by atoms with Crippen LogP contribution in [0.4, 0.5) is 0 Å². The molecule has 3 rings (SSSR count). The van der Waals surface area contributed by atoms with Crippen LogP contribution >= 0.6 is 15.9 Å². The summed E-state index contributed by atoms with van der Waals surface area (Å²) in [4.78, 5) is 28.5. The SMILES string of the molecule is NC(=O)[C@H](Cc1cccc(Br)c1)NC(=O)c1cnc2ccccc2c1. The van der Waals surface area contributed by atoms with Crippen molar-refractivity contribution in [2.24, 2.45) is 5.73 Å². The predicted molar refractivity (Wildman–Crippen MR) is 100 cm³/mol. The molecular formula is C19H16BrN3O2. The molecule has 0 saturated heterocycles. The number of hydrogen-bond donors (Lipinski definition) is 2. The number of hydrogen-bond acceptors (Lipinski definition) is 3. The zero-order chi connectivity index (χ0) is 17.8. The largest absolute Gasteiger partial charge is 0.368 e. The topological polar surface area (TPSA) is 85.1 Å². The van der Waals surface area contributed by atoms with Gasteiger partial charge >= 0.3 is 0 Å². The van der Waals surface area contributed by atoms with Gasteiger partial charge in [-0.15, -0.1) is 0 Å². The molecule has 3 N–H and O–H groups in total. The highest BCUT2D eigenvalue weighted by molar-refractivity contribution is 9.10. The van der Waals surface area contributed by atoms with E-state index in [0.29, 0.717) is 12.0 Å². The van der Waals surface area contributed by atoms with E-state index < -0.39 is 11.9 Å². The molecular weight excluding hydrogens is 382 g/mol. The fraction of sp³-hybridized carbons (Fsp3) is 0.105. The van der Waals surface area contributed by atoms with Gasteiger partial charge in [-0.3, -0.25) is 14.6 Å². The molecule has 0 aliphatic heterocycles. The van der Waals surface area contributed by atoms with Crippen molar-refractivity contribution in [1.29, 1.82) is 0 Å². The molecule has 0 saturated carbocycles. The van der Waals surface area contributed by atoms with Gasteiger partial charge in [0.05, 0.1) is 11.1 Å². The van der Waals surface area contributed by atoms with Crippen LogP contribution in [-0.4, -0.2) is 22.8 Å². The number of para-hydroxylation sites is 1. The maximum atomic E-state index is 12.5. The maximum Gasteiger partial charge on any atom is 0.253 e. The number of aromatic nitrogens is 1. The summed E-state index contributed by atoms with van der Waals surface area (Å²) in [5, 5.41) is 3.56. The van der Waals surface area contributed by atoms with Crippen molar-refractivity contribution in [3.8, 4) is 0 Å². The van der Waals surface area contributed by atoms with Crippen molar-refractivity contribution in [2.75, 3.05) is 0 Å². The summed E-state index contributed by atoms with van der Waals surface area (Å²) in [6.07, 6.45) is 1.82. The Labute approximate surface area is 153 Å². The lowest BCUT2D eigenvalue weighted by molar-refractivity contribution is -0.119. The summed E-state index contributed by atoms with van der Waals surface area (Å²) in [5.74, 6) is -0.959. The first kappa shape index (κ1) is 17.1. The van der Waals surface area contributed by atoms with Gasteiger partial charge in [-0.25, -0.2) is 0 Å². The van der Waals surface area contributed by atoms with Crippen molar-refractivity contribution < 1.29 is 9.59 Å². The van der Waals surface area contributed by atoms with Gasteiger partial charge in [-0.2, -0.15) is 0 Å². The third-order valence-corrected chi connectivity index (χ3v) is 4.32. The molecule has 2 aromatic carbocycles. The Balaban J connectivity index is 1.78. The first-order valence-corrected chi connectivity index (χ1v) is 8.51. The lowest BCUT2D eigenvalue weighted by atomic mass is 10.0. The van der Waals surface area contributed by atoms with Crippen molar-refractivity contribution in [1.82, 2.24) is 10.3 Å². The third kappa shape index (κ3) is 4.22. The van der Waals surface area contributed by atoms with Gasteiger partial charge in [0.25, 0.3) is 5.91 Å². The minimum atomic E-state index is -0.798. The Kier molecular flexibility index (Phi) is 5.09. The van der Waals surface area contributed by atoms with Crippen LogP contribution in [-0.2, 0) is 11.2 Å². The minimum Gasteiger partial charge on any atom is -0.368 e. The molecule has 0 radical (unpaired) electrons. The first-order chi connectivity index (χ1) is 12.0. The van der Waals surface area contributed by atoms with Crippen LogP contribution < -0.4 is 11.1 Å². The van der Waals surface area contributed by atoms with Gasteiger partial charge in [0, 0.05) is 22.5 Å². The second-order valence-electron chi connectivity index (χ2n) is 5.68. The molecule has 1 aromatic heterocycles. The molecule has 2 amide bonds. The Hall–Kier alpha value is -2.73. The van der Waals surface area contributed by atoms with Crippen LogP contribution in [0.1, 0.15) is 15.9 Å². The Bertz CT molecular complexity index is 943. The van der Waals surface area contributed by atoms with Gasteiger partial charge in [0.15, 0.2) is 0 Å². The standard InChI is InChI=1S/C19H16BrN3O2/c20-15-6-3-4-12(8-15)9-17(18(21)24)23-19(25)14-10-13-5-1-2-7-16(13)22-11-14/h1-8,10-11,17H,9H2,(H2,21,24)(H,23,25)/t17-/m0/s1. The molecule has 0 aliphatic carbocycles. The molecule has 0 bridgehead atoms. The molecule has 1 heterocycles. The van der Waals surface area contributed by atoms with E-state index in [2.05, 4.69) is 26.2 Å². The minimum absolute atomic E-state index is 0.321. The van der Waals surface area contributed by atoms with E-state index in [1.54, 1.807) is 6.07 Å². The number of nitrogens with one attached hydrogen (secondary N) is 1. The van der Waals surface area contributed by atoms with E-state index in [1.807, 2.05) is 48.5 Å². The summed E-state index contributed by atoms with van der Waals surface area (Å²) in [6.45, 7) is 0. The number of halogens is 1. The Morgan fingerprint density at radius 3 is 2.68 bits per heavy atom. The predicted octanol–water partition coefficient (Wildman–Crippen LogP) is 2.82. The van der Waals surface area contributed by atoms with Gasteiger partial charge < -0.3 is 11.1 Å². The molecule has 1 atom stereocenters. The van der Waals surface area contributed by atoms with Crippen molar-refractivity contribution in [3.05, 3.63) is 76.4 Å². The number of pyridine rings is 1. The highest BCUT2D eigenvalue weighted by atomic mass is 79.9. The van der Waals surface area contributed by atoms with E-state index in [1.165, 1.54) is 6.20 Å². The summed E-state index contributed by atoms with van der Waals surface area (Å²) in [6, 6.07) is 16.0. The number of benzene rings is 2. The highest BCUT2D eigenvalue weighted by Crippen LogP contribution is 2.15. The van der Waals surface area contributed by atoms with Crippen LogP contribution in [0, 0.1) is 0 Å². The quantitative estimate of drug-likeness (QED) is 0.693. The lowest BCUT2D eigenvalue weighted by Crippen LogP contribution is -2.45. The lowest BCUT2D eigenvalue weighted by Gasteiger charge is -2.16. The number of nitrogens with zero attached hydrogens (tertiary/aromatic N) is 1. The average Bonchev–Trinajstić information content (AvgIpc) is 2.60. The Morgan fingerprint density at radius 2 is 1.92 bits per heavy atom. The van der Waals surface area contributed by atoms with Crippen molar-refractivity contribution in [2.45, 2.75) is 12.5 Å². The number of fused-ring (bicyclic) bond motifs is 1. The maximum absolute atomic E-state index is 12.5. The van der Waals surface area contributed by atoms with E-state index in [9.17, 15) is 9.59 Å². The summed E-state index contributed by atoms with van der Waals surface area (Å²) in [5.41, 5.74) is 7.55. The summed E-state index contributed by atoms with van der Waals surface area (Å²) < 4.78 is 0.901. The molecule has 5 nitrogen and oxygen atoms in total. The van der Waals surface area contributed by atoms with Crippen LogP contribution in [0.2, 0.25) is 0 Å². The van der Waals surface area contributed by atoms with E-state index in [4.69, 9.17) is 5.73 Å². The Morgan fingerprint density at radius 1 is 1.12 bits per heavy atom. The average molecular weight is 398 g/mol. The summed E-state index contributed by atoms with van der Waals surface area (Å²) in [7, 11) is 0. The van der Waals surface area contributed by atoms with Crippen LogP contribution in [0.3, 0.4) is 0 Å². The molecule has 0 aliphatic rings. The van der Waals surface area contributed by atoms with Gasteiger partial charge in [-0.05, 0) is 29.8 Å². The van der Waals surface area contributed by atoms with Gasteiger partial charge in [0.2, 0.25) is 5.91 Å². The van der Waals surface area contributed by atoms with Gasteiger partial charge in [0.1, 0.15) is 6.04 Å². The number of amides is 2. The normalized spacial score (nSPS) is 11.9. The van der Waals surface area contributed by atoms with Crippen LogP contribution in [0.5, 0.6) is 0 Å². The molecule has 3 aromatic rings. The van der Waals surface area contributed by atoms with Crippen LogP contribution in [0.25, 0.3) is 10.9 Å². The van der Waals surface area contributed by atoms with Crippen molar-refractivity contribution in [3.63, 3.8) is 0 Å².